The molecule has 0 unspecified atom stereocenters. The van der Waals surface area contributed by atoms with Gasteiger partial charge >= 0.3 is 5.97 Å². The number of methoxy groups -OCH3 is 2. The first-order valence-corrected chi connectivity index (χ1v) is 10.8. The average molecular weight is 474 g/mol. The van der Waals surface area contributed by atoms with Crippen LogP contribution in [-0.2, 0) is 16.1 Å². The number of ether oxygens (including phenoxy) is 3. The van der Waals surface area contributed by atoms with E-state index < -0.39 is 22.5 Å². The van der Waals surface area contributed by atoms with Crippen molar-refractivity contribution in [2.75, 3.05) is 20.8 Å². The lowest BCUT2D eigenvalue weighted by Crippen LogP contribution is -2.23. The van der Waals surface area contributed by atoms with E-state index in [4.69, 9.17) is 14.2 Å². The monoisotopic (exact) mass is 473 g/mol. The molecule has 0 saturated carbocycles. The van der Waals surface area contributed by atoms with Crippen LogP contribution in [0.5, 0.6) is 11.5 Å². The molecular formula is C22H23N3O7S. The number of nitro groups is 1. The number of esters is 1. The molecule has 0 bridgehead atoms. The van der Waals surface area contributed by atoms with E-state index in [0.717, 1.165) is 27.4 Å². The molecule has 0 aliphatic carbocycles. The number of rotatable bonds is 7. The predicted octanol–water partition coefficient (Wildman–Crippen LogP) is 3.55. The van der Waals surface area contributed by atoms with E-state index in [1.54, 1.807) is 11.5 Å². The Labute approximate surface area is 193 Å². The van der Waals surface area contributed by atoms with Crippen LogP contribution in [0.15, 0.2) is 29.3 Å². The summed E-state index contributed by atoms with van der Waals surface area (Å²) in [6, 6.07) is 6.21. The summed E-state index contributed by atoms with van der Waals surface area (Å²) >= 11 is 1.22. The van der Waals surface area contributed by atoms with Crippen LogP contribution < -0.4 is 14.3 Å². The highest BCUT2D eigenvalue weighted by molar-refractivity contribution is 7.16. The zero-order valence-corrected chi connectivity index (χ0v) is 19.6. The third kappa shape index (κ3) is 4.87. The quantitative estimate of drug-likeness (QED) is 0.292. The average Bonchev–Trinajstić information content (AvgIpc) is 3.09. The van der Waals surface area contributed by atoms with Gasteiger partial charge < -0.3 is 18.8 Å². The lowest BCUT2D eigenvalue weighted by atomic mass is 10.1. The summed E-state index contributed by atoms with van der Waals surface area (Å²) in [6.45, 7) is 5.60. The van der Waals surface area contributed by atoms with Crippen molar-refractivity contribution in [3.05, 3.63) is 55.9 Å². The number of fused-ring (bicyclic) bond motifs is 1. The van der Waals surface area contributed by atoms with E-state index in [1.165, 1.54) is 31.6 Å². The van der Waals surface area contributed by atoms with Crippen LogP contribution >= 0.6 is 11.3 Å². The number of nitrogens with zero attached hydrogens (tertiary/aromatic N) is 3. The zero-order chi connectivity index (χ0) is 24.3. The smallest absolute Gasteiger partial charge is 0.326 e. The maximum atomic E-state index is 13.1. The lowest BCUT2D eigenvalue weighted by Gasteiger charge is -2.09. The van der Waals surface area contributed by atoms with Crippen molar-refractivity contribution in [3.8, 4) is 11.5 Å². The standard InChI is InChI=1S/C22H23N3O7S/c1-6-32-19(26)11-24-16-8-12(2)7-13(3)20(16)33-22(24)23-21(27)14-9-17(30-4)18(31-5)10-15(14)25(28)29/h7-10H,6,11H2,1-5H3. The molecule has 1 aromatic heterocycles. The summed E-state index contributed by atoms with van der Waals surface area (Å²) in [4.78, 5) is 40.7. The molecule has 0 aliphatic rings. The van der Waals surface area contributed by atoms with Crippen LogP contribution in [0.3, 0.4) is 0 Å². The molecule has 174 valence electrons. The van der Waals surface area contributed by atoms with Crippen molar-refractivity contribution in [2.24, 2.45) is 4.99 Å². The minimum absolute atomic E-state index is 0.117. The fourth-order valence-corrected chi connectivity index (χ4v) is 4.50. The van der Waals surface area contributed by atoms with E-state index in [1.807, 2.05) is 26.0 Å². The Morgan fingerprint density at radius 3 is 2.39 bits per heavy atom. The second kappa shape index (κ2) is 9.82. The third-order valence-electron chi connectivity index (χ3n) is 4.83. The van der Waals surface area contributed by atoms with Crippen molar-refractivity contribution in [3.63, 3.8) is 0 Å². The molecule has 33 heavy (non-hydrogen) atoms. The van der Waals surface area contributed by atoms with Gasteiger partial charge in [-0.05, 0) is 38.0 Å². The first-order chi connectivity index (χ1) is 15.7. The van der Waals surface area contributed by atoms with E-state index in [0.29, 0.717) is 0 Å². The van der Waals surface area contributed by atoms with Gasteiger partial charge in [0.15, 0.2) is 16.3 Å². The molecule has 0 aliphatic heterocycles. The molecule has 10 nitrogen and oxygen atoms in total. The predicted molar refractivity (Wildman–Crippen MR) is 122 cm³/mol. The molecule has 1 amide bonds. The number of carbonyl (C=O) groups is 2. The number of carbonyl (C=O) groups excluding carboxylic acids is 2. The van der Waals surface area contributed by atoms with Crippen LogP contribution in [0.1, 0.15) is 28.4 Å². The highest BCUT2D eigenvalue weighted by Crippen LogP contribution is 2.35. The molecule has 0 N–H and O–H groups in total. The summed E-state index contributed by atoms with van der Waals surface area (Å²) in [5.41, 5.74) is 1.93. The van der Waals surface area contributed by atoms with Gasteiger partial charge in [-0.3, -0.25) is 19.7 Å². The Bertz CT molecular complexity index is 1320. The Balaban J connectivity index is 2.24. The van der Waals surface area contributed by atoms with Gasteiger partial charge in [0, 0.05) is 6.07 Å². The fourth-order valence-electron chi connectivity index (χ4n) is 3.42. The minimum Gasteiger partial charge on any atom is -0.493 e. The van der Waals surface area contributed by atoms with Crippen LogP contribution in [0, 0.1) is 24.0 Å². The van der Waals surface area contributed by atoms with E-state index >= 15 is 0 Å². The van der Waals surface area contributed by atoms with Gasteiger partial charge in [-0.15, -0.1) is 0 Å². The molecule has 11 heteroatoms. The minimum atomic E-state index is -0.846. The normalized spacial score (nSPS) is 11.5. The number of benzene rings is 2. The molecule has 3 rings (SSSR count). The summed E-state index contributed by atoms with van der Waals surface area (Å²) in [5.74, 6) is -1.06. The first-order valence-electron chi connectivity index (χ1n) is 9.95. The maximum Gasteiger partial charge on any atom is 0.326 e. The Morgan fingerprint density at radius 2 is 1.79 bits per heavy atom. The molecule has 0 radical (unpaired) electrons. The Hall–Kier alpha value is -3.73. The highest BCUT2D eigenvalue weighted by Gasteiger charge is 2.25. The van der Waals surface area contributed by atoms with Gasteiger partial charge in [-0.25, -0.2) is 0 Å². The summed E-state index contributed by atoms with van der Waals surface area (Å²) in [5, 5.41) is 11.6. The van der Waals surface area contributed by atoms with E-state index in [9.17, 15) is 19.7 Å². The van der Waals surface area contributed by atoms with Crippen LogP contribution in [0.25, 0.3) is 10.2 Å². The number of aromatic nitrogens is 1. The van der Waals surface area contributed by atoms with Gasteiger partial charge in [-0.2, -0.15) is 4.99 Å². The van der Waals surface area contributed by atoms with Crippen molar-refractivity contribution in [1.29, 1.82) is 0 Å². The largest absolute Gasteiger partial charge is 0.493 e. The van der Waals surface area contributed by atoms with Gasteiger partial charge in [0.25, 0.3) is 11.6 Å². The Morgan fingerprint density at radius 1 is 1.12 bits per heavy atom. The maximum absolute atomic E-state index is 13.1. The summed E-state index contributed by atoms with van der Waals surface area (Å²) in [6.07, 6.45) is 0. The molecule has 0 saturated heterocycles. The van der Waals surface area contributed by atoms with E-state index in [2.05, 4.69) is 4.99 Å². The fraction of sp³-hybridized carbons (Fsp3) is 0.318. The number of aryl methyl sites for hydroxylation is 2. The second-order valence-corrected chi connectivity index (χ2v) is 8.08. The second-order valence-electron chi connectivity index (χ2n) is 7.10. The SMILES string of the molecule is CCOC(=O)Cn1c(=NC(=O)c2cc(OC)c(OC)cc2[N+](=O)[O-])sc2c(C)cc(C)cc21. The first kappa shape index (κ1) is 23.9. The lowest BCUT2D eigenvalue weighted by molar-refractivity contribution is -0.385. The number of nitro benzene ring substituents is 1. The van der Waals surface area contributed by atoms with Gasteiger partial charge in [0.1, 0.15) is 12.1 Å². The number of hydrogen-bond donors (Lipinski definition) is 0. The van der Waals surface area contributed by atoms with E-state index in [-0.39, 0.29) is 35.0 Å². The number of hydrogen-bond acceptors (Lipinski definition) is 8. The summed E-state index contributed by atoms with van der Waals surface area (Å²) in [7, 11) is 2.70. The van der Waals surface area contributed by atoms with Gasteiger partial charge in [0.2, 0.25) is 0 Å². The molecule has 0 spiro atoms. The topological polar surface area (TPSA) is 122 Å². The molecule has 2 aromatic carbocycles. The number of amides is 1. The zero-order valence-electron chi connectivity index (χ0n) is 18.8. The third-order valence-corrected chi connectivity index (χ3v) is 6.06. The van der Waals surface area contributed by atoms with Crippen LogP contribution in [-0.4, -0.2) is 42.2 Å². The van der Waals surface area contributed by atoms with Gasteiger partial charge in [0.05, 0.1) is 42.0 Å². The number of thiazole rings is 1. The van der Waals surface area contributed by atoms with Crippen molar-refractivity contribution in [2.45, 2.75) is 27.3 Å². The molecule has 3 aromatic rings. The highest BCUT2D eigenvalue weighted by atomic mass is 32.1. The van der Waals surface area contributed by atoms with Crippen LogP contribution in [0.4, 0.5) is 5.69 Å². The molecule has 0 atom stereocenters. The van der Waals surface area contributed by atoms with Crippen molar-refractivity contribution in [1.82, 2.24) is 4.57 Å². The summed E-state index contributed by atoms with van der Waals surface area (Å²) < 4.78 is 17.8. The molecule has 1 heterocycles. The Kier molecular flexibility index (Phi) is 7.12. The molecular weight excluding hydrogens is 450 g/mol. The molecule has 0 fully saturated rings. The van der Waals surface area contributed by atoms with Crippen molar-refractivity contribution < 1.29 is 28.7 Å². The van der Waals surface area contributed by atoms with Gasteiger partial charge in [-0.1, -0.05) is 17.4 Å². The van der Waals surface area contributed by atoms with Crippen LogP contribution in [0.2, 0.25) is 0 Å². The van der Waals surface area contributed by atoms with Crippen molar-refractivity contribution >= 4 is 39.1 Å².